The Bertz CT molecular complexity index is 1060. The predicted molar refractivity (Wildman–Crippen MR) is 108 cm³/mol. The number of nitriles is 1. The van der Waals surface area contributed by atoms with Crippen LogP contribution in [0.1, 0.15) is 21.5 Å². The van der Waals surface area contributed by atoms with Crippen LogP contribution in [0.4, 0.5) is 13.2 Å². The summed E-state index contributed by atoms with van der Waals surface area (Å²) in [7, 11) is 3.10. The van der Waals surface area contributed by atoms with Crippen LogP contribution in [0, 0.1) is 16.7 Å². The summed E-state index contributed by atoms with van der Waals surface area (Å²) in [6.45, 7) is -0.000800. The Morgan fingerprint density at radius 3 is 2.53 bits per heavy atom. The van der Waals surface area contributed by atoms with Crippen molar-refractivity contribution in [2.24, 2.45) is 0 Å². The predicted octanol–water partition coefficient (Wildman–Crippen LogP) is 2.72. The summed E-state index contributed by atoms with van der Waals surface area (Å²) in [5.41, 5.74) is 0.229. The molecule has 2 aromatic rings. The molecule has 11 heteroatoms. The number of nitrogens with zero attached hydrogens (tertiary/aromatic N) is 2. The number of carbonyl (C=O) groups is 2. The summed E-state index contributed by atoms with van der Waals surface area (Å²) in [6, 6.07) is 11.8. The molecule has 0 aliphatic carbocycles. The topological polar surface area (TPSA) is 116 Å². The highest BCUT2D eigenvalue weighted by Crippen LogP contribution is 2.25. The maximum absolute atomic E-state index is 12.7. The quantitative estimate of drug-likeness (QED) is 0.221. The van der Waals surface area contributed by atoms with Crippen molar-refractivity contribution in [1.82, 2.24) is 10.2 Å². The normalized spacial score (nSPS) is 10.6. The smallest absolute Gasteiger partial charge is 0.491 e. The lowest BCUT2D eigenvalue weighted by Crippen LogP contribution is -2.31. The molecule has 0 aliphatic heterocycles. The van der Waals surface area contributed by atoms with Gasteiger partial charge in [-0.15, -0.1) is 0 Å². The third kappa shape index (κ3) is 6.46. The molecule has 0 heterocycles. The van der Waals surface area contributed by atoms with Gasteiger partial charge in [-0.25, -0.2) is 4.79 Å². The molecule has 0 fully saturated rings. The van der Waals surface area contributed by atoms with Crippen LogP contribution in [-0.4, -0.2) is 56.0 Å². The van der Waals surface area contributed by atoms with Crippen LogP contribution >= 0.6 is 0 Å². The highest BCUT2D eigenvalue weighted by atomic mass is 19.4. The van der Waals surface area contributed by atoms with Crippen molar-refractivity contribution in [3.05, 3.63) is 59.2 Å². The minimum atomic E-state index is -5.26. The zero-order chi connectivity index (χ0) is 23.9. The van der Waals surface area contributed by atoms with Crippen LogP contribution in [0.25, 0.3) is 0 Å². The molecule has 0 radical (unpaired) electrons. The van der Waals surface area contributed by atoms with Crippen LogP contribution in [0.3, 0.4) is 0 Å². The van der Waals surface area contributed by atoms with Gasteiger partial charge >= 0.3 is 12.1 Å². The number of carbonyl (C=O) groups excluding carboxylic acids is 2. The highest BCUT2D eigenvalue weighted by molar-refractivity contribution is 6.01. The van der Waals surface area contributed by atoms with Crippen molar-refractivity contribution >= 4 is 17.7 Å². The molecule has 0 aromatic heterocycles. The third-order valence-corrected chi connectivity index (χ3v) is 4.00. The Labute approximate surface area is 181 Å². The largest absolute Gasteiger partial charge is 0.492 e. The van der Waals surface area contributed by atoms with Crippen LogP contribution < -0.4 is 14.8 Å². The summed E-state index contributed by atoms with van der Waals surface area (Å²) in [5, 5.41) is 19.3. The fourth-order valence-corrected chi connectivity index (χ4v) is 2.44. The van der Waals surface area contributed by atoms with E-state index in [0.717, 1.165) is 6.07 Å². The minimum Gasteiger partial charge on any atom is -0.492 e. The zero-order valence-electron chi connectivity index (χ0n) is 17.1. The Kier molecular flexibility index (Phi) is 7.79. The molecule has 168 valence electrons. The zero-order valence-corrected chi connectivity index (χ0v) is 17.1. The second-order valence-electron chi connectivity index (χ2n) is 6.59. The van der Waals surface area contributed by atoms with Crippen LogP contribution in [0.2, 0.25) is 0 Å². The number of amides is 1. The van der Waals surface area contributed by atoms with Gasteiger partial charge in [-0.05, 0) is 30.3 Å². The van der Waals surface area contributed by atoms with Gasteiger partial charge in [-0.3, -0.25) is 10.2 Å². The fraction of sp³-hybridized carbons (Fsp3) is 0.238. The van der Waals surface area contributed by atoms with Crippen molar-refractivity contribution in [2.75, 3.05) is 27.2 Å². The Morgan fingerprint density at radius 1 is 1.19 bits per heavy atom. The van der Waals surface area contributed by atoms with Crippen molar-refractivity contribution < 1.29 is 32.2 Å². The molecule has 2 rings (SSSR count). The number of hydrogen-bond donors (Lipinski definition) is 2. The van der Waals surface area contributed by atoms with Gasteiger partial charge in [-0.1, -0.05) is 12.1 Å². The second kappa shape index (κ2) is 10.3. The maximum Gasteiger partial charge on any atom is 0.491 e. The van der Waals surface area contributed by atoms with Crippen molar-refractivity contribution in [1.29, 1.82) is 10.7 Å². The molecule has 0 unspecified atom stereocenters. The first-order valence-electron chi connectivity index (χ1n) is 9.13. The maximum atomic E-state index is 12.7. The van der Waals surface area contributed by atoms with Crippen LogP contribution in [-0.2, 0) is 4.79 Å². The molecule has 0 atom stereocenters. The molecule has 8 nitrogen and oxygen atoms in total. The van der Waals surface area contributed by atoms with Crippen molar-refractivity contribution in [3.63, 3.8) is 0 Å². The lowest BCUT2D eigenvalue weighted by molar-refractivity contribution is -0.189. The number of hydrogen-bond acceptors (Lipinski definition) is 6. The Hall–Kier alpha value is -4.07. The second-order valence-corrected chi connectivity index (χ2v) is 6.59. The van der Waals surface area contributed by atoms with Crippen LogP contribution in [0.5, 0.6) is 11.5 Å². The first kappa shape index (κ1) is 24.2. The third-order valence-electron chi connectivity index (χ3n) is 4.00. The van der Waals surface area contributed by atoms with E-state index in [1.807, 2.05) is 6.07 Å². The average molecular weight is 448 g/mol. The molecular formula is C21H19F3N4O4. The molecule has 0 aliphatic rings. The molecule has 0 saturated carbocycles. The van der Waals surface area contributed by atoms with Gasteiger partial charge in [0.2, 0.25) is 0 Å². The average Bonchev–Trinajstić information content (AvgIpc) is 2.75. The number of halogens is 3. The van der Waals surface area contributed by atoms with Crippen molar-refractivity contribution in [3.8, 4) is 17.6 Å². The van der Waals surface area contributed by atoms with Gasteiger partial charge in [0.05, 0.1) is 23.7 Å². The van der Waals surface area contributed by atoms with E-state index in [0.29, 0.717) is 11.3 Å². The van der Waals surface area contributed by atoms with Gasteiger partial charge in [0.15, 0.2) is 0 Å². The highest BCUT2D eigenvalue weighted by Gasteiger charge is 2.42. The summed E-state index contributed by atoms with van der Waals surface area (Å²) in [5.74, 6) is -3.57. The molecule has 2 N–H and O–H groups in total. The van der Waals surface area contributed by atoms with E-state index in [1.165, 1.54) is 23.1 Å². The van der Waals surface area contributed by atoms with E-state index in [9.17, 15) is 22.8 Å². The molecule has 0 spiro atoms. The van der Waals surface area contributed by atoms with Gasteiger partial charge in [0.25, 0.3) is 5.91 Å². The van der Waals surface area contributed by atoms with E-state index >= 15 is 0 Å². The number of rotatable bonds is 7. The van der Waals surface area contributed by atoms with E-state index in [4.69, 9.17) is 15.4 Å². The number of alkyl halides is 3. The first-order valence-corrected chi connectivity index (χ1v) is 9.13. The Morgan fingerprint density at radius 2 is 1.91 bits per heavy atom. The van der Waals surface area contributed by atoms with Gasteiger partial charge in [0.1, 0.15) is 23.9 Å². The summed E-state index contributed by atoms with van der Waals surface area (Å²) in [6.07, 6.45) is -5.26. The standard InChI is InChI=1S/C21H19F3N4O4/c1-28(2)18(26)14-6-7-16(17(11-14)32-20(30)21(22,23)24)19(29)27-8-9-31-15-5-3-4-13(10-15)12-25/h3-7,10-11,26H,8-9H2,1-2H3,(H,27,29). The molecule has 0 bridgehead atoms. The number of amidine groups is 1. The SMILES string of the molecule is CN(C)C(=N)c1ccc(C(=O)NCCOc2cccc(C#N)c2)c(OC(=O)C(F)(F)F)c1. The van der Waals surface area contributed by atoms with Gasteiger partial charge in [0, 0.05) is 19.7 Å². The minimum absolute atomic E-state index is 0.0155. The first-order chi connectivity index (χ1) is 15.0. The summed E-state index contributed by atoms with van der Waals surface area (Å²) in [4.78, 5) is 25.2. The lowest BCUT2D eigenvalue weighted by atomic mass is 10.1. The summed E-state index contributed by atoms with van der Waals surface area (Å²) >= 11 is 0. The monoisotopic (exact) mass is 448 g/mol. The van der Waals surface area contributed by atoms with E-state index < -0.39 is 23.8 Å². The van der Waals surface area contributed by atoms with E-state index in [1.54, 1.807) is 32.3 Å². The Balaban J connectivity index is 2.13. The number of benzene rings is 2. The van der Waals surface area contributed by atoms with E-state index in [-0.39, 0.29) is 30.1 Å². The molecule has 0 saturated heterocycles. The van der Waals surface area contributed by atoms with Gasteiger partial charge in [-0.2, -0.15) is 18.4 Å². The number of ether oxygens (including phenoxy) is 2. The number of esters is 1. The lowest BCUT2D eigenvalue weighted by Gasteiger charge is -2.17. The molecular weight excluding hydrogens is 429 g/mol. The van der Waals surface area contributed by atoms with Crippen LogP contribution in [0.15, 0.2) is 42.5 Å². The van der Waals surface area contributed by atoms with Crippen molar-refractivity contribution in [2.45, 2.75) is 6.18 Å². The molecule has 32 heavy (non-hydrogen) atoms. The molecule has 1 amide bonds. The van der Waals surface area contributed by atoms with E-state index in [2.05, 4.69) is 10.1 Å². The molecule has 2 aromatic carbocycles. The fourth-order valence-electron chi connectivity index (χ4n) is 2.44. The number of nitrogens with one attached hydrogen (secondary N) is 2. The summed E-state index contributed by atoms with van der Waals surface area (Å²) < 4.78 is 47.8. The van der Waals surface area contributed by atoms with Gasteiger partial charge < -0.3 is 19.7 Å².